The van der Waals surface area contributed by atoms with Crippen molar-refractivity contribution in [2.75, 3.05) is 42.7 Å². The van der Waals surface area contributed by atoms with E-state index in [0.29, 0.717) is 19.0 Å². The van der Waals surface area contributed by atoms with E-state index >= 15 is 0 Å². The van der Waals surface area contributed by atoms with Crippen LogP contribution in [0.15, 0.2) is 41.4 Å². The van der Waals surface area contributed by atoms with Crippen LogP contribution < -0.4 is 10.2 Å². The zero-order valence-corrected chi connectivity index (χ0v) is 17.1. The smallest absolute Gasteiger partial charge is 0.321 e. The lowest BCUT2D eigenvalue weighted by molar-refractivity contribution is 0.208. The van der Waals surface area contributed by atoms with E-state index < -0.39 is 0 Å². The number of urea groups is 1. The molecule has 2 aliphatic rings. The molecule has 0 radical (unpaired) electrons. The van der Waals surface area contributed by atoms with Crippen LogP contribution in [0, 0.1) is 0 Å². The first-order chi connectivity index (χ1) is 14.2. The first kappa shape index (κ1) is 18.2. The number of nitrogens with one attached hydrogen (secondary N) is 1. The number of anilines is 2. The van der Waals surface area contributed by atoms with E-state index in [9.17, 15) is 4.79 Å². The molecule has 3 aromatic rings. The molecule has 0 unspecified atom stereocenters. The van der Waals surface area contributed by atoms with Gasteiger partial charge in [0.2, 0.25) is 0 Å². The highest BCUT2D eigenvalue weighted by molar-refractivity contribution is 7.98. The Morgan fingerprint density at radius 3 is 2.72 bits per heavy atom. The van der Waals surface area contributed by atoms with Crippen molar-refractivity contribution in [1.29, 1.82) is 0 Å². The maximum atomic E-state index is 12.6. The number of amides is 2. The van der Waals surface area contributed by atoms with Gasteiger partial charge in [0.15, 0.2) is 11.5 Å². The number of nitrogens with zero attached hydrogens (tertiary/aromatic N) is 6. The van der Waals surface area contributed by atoms with Crippen molar-refractivity contribution in [2.45, 2.75) is 23.7 Å². The third-order valence-electron chi connectivity index (χ3n) is 5.47. The van der Waals surface area contributed by atoms with Crippen molar-refractivity contribution in [3.63, 3.8) is 0 Å². The zero-order chi connectivity index (χ0) is 19.8. The molecule has 9 heteroatoms. The summed E-state index contributed by atoms with van der Waals surface area (Å²) in [5.74, 6) is 1.49. The molecule has 5 rings (SSSR count). The number of hydrogen-bond donors (Lipinski definition) is 1. The van der Waals surface area contributed by atoms with Crippen molar-refractivity contribution in [2.24, 2.45) is 0 Å². The molecule has 1 N–H and O–H groups in total. The first-order valence-electron chi connectivity index (χ1n) is 9.87. The third-order valence-corrected chi connectivity index (χ3v) is 6.19. The number of thioether (sulfide) groups is 1. The summed E-state index contributed by atoms with van der Waals surface area (Å²) < 4.78 is 1.85. The van der Waals surface area contributed by atoms with Gasteiger partial charge >= 0.3 is 6.03 Å². The lowest BCUT2D eigenvalue weighted by atomic mass is 10.3. The van der Waals surface area contributed by atoms with Crippen LogP contribution in [0.1, 0.15) is 24.6 Å². The van der Waals surface area contributed by atoms with Gasteiger partial charge in [-0.3, -0.25) is 0 Å². The van der Waals surface area contributed by atoms with Gasteiger partial charge in [-0.15, -0.1) is 22.0 Å². The number of rotatable bonds is 4. The lowest BCUT2D eigenvalue weighted by Crippen LogP contribution is -2.50. The Hall–Kier alpha value is -2.81. The summed E-state index contributed by atoms with van der Waals surface area (Å²) in [7, 11) is 0. The molecule has 2 fully saturated rings. The molecule has 1 saturated carbocycles. The Labute approximate surface area is 173 Å². The molecule has 8 nitrogen and oxygen atoms in total. The second-order valence-electron chi connectivity index (χ2n) is 7.45. The van der Waals surface area contributed by atoms with Crippen LogP contribution >= 0.6 is 11.8 Å². The van der Waals surface area contributed by atoms with E-state index in [0.717, 1.165) is 40.8 Å². The molecular weight excluding hydrogens is 386 g/mol. The monoisotopic (exact) mass is 409 g/mol. The topological polar surface area (TPSA) is 78.7 Å². The quantitative estimate of drug-likeness (QED) is 0.667. The van der Waals surface area contributed by atoms with E-state index in [1.807, 2.05) is 52.2 Å². The summed E-state index contributed by atoms with van der Waals surface area (Å²) in [6.07, 6.45) is 6.26. The zero-order valence-electron chi connectivity index (χ0n) is 16.3. The van der Waals surface area contributed by atoms with E-state index in [2.05, 4.69) is 25.5 Å². The van der Waals surface area contributed by atoms with Crippen LogP contribution in [0.2, 0.25) is 0 Å². The predicted molar refractivity (Wildman–Crippen MR) is 114 cm³/mol. The molecule has 150 valence electrons. The highest BCUT2D eigenvalue weighted by atomic mass is 32.2. The van der Waals surface area contributed by atoms with Gasteiger partial charge in [-0.05, 0) is 37.3 Å². The second-order valence-corrected chi connectivity index (χ2v) is 8.33. The number of fused-ring (bicyclic) bond motifs is 1. The van der Waals surface area contributed by atoms with E-state index in [-0.39, 0.29) is 6.03 Å². The second kappa shape index (κ2) is 7.55. The van der Waals surface area contributed by atoms with Crippen molar-refractivity contribution in [3.05, 3.63) is 42.4 Å². The Morgan fingerprint density at radius 2 is 1.97 bits per heavy atom. The van der Waals surface area contributed by atoms with Crippen LogP contribution in [0.25, 0.3) is 5.65 Å². The van der Waals surface area contributed by atoms with Crippen LogP contribution in [-0.4, -0.2) is 63.2 Å². The number of hydrogen-bond acceptors (Lipinski definition) is 6. The number of carbonyl (C=O) groups is 1. The number of benzene rings is 1. The first-order valence-corrected chi connectivity index (χ1v) is 11.1. The molecule has 1 aliphatic heterocycles. The Balaban J connectivity index is 1.22. The van der Waals surface area contributed by atoms with Crippen LogP contribution in [0.3, 0.4) is 0 Å². The predicted octanol–water partition coefficient (Wildman–Crippen LogP) is 3.08. The maximum Gasteiger partial charge on any atom is 0.321 e. The fourth-order valence-electron chi connectivity index (χ4n) is 3.64. The summed E-state index contributed by atoms with van der Waals surface area (Å²) in [5, 5.41) is 16.2. The number of aromatic nitrogens is 4. The number of carbonyl (C=O) groups excluding carboxylic acids is 1. The Morgan fingerprint density at radius 1 is 1.14 bits per heavy atom. The summed E-state index contributed by atoms with van der Waals surface area (Å²) in [6, 6.07) is 9.89. The third kappa shape index (κ3) is 3.74. The van der Waals surface area contributed by atoms with Gasteiger partial charge in [-0.25, -0.2) is 4.79 Å². The highest BCUT2D eigenvalue weighted by Gasteiger charge is 2.29. The molecular formula is C20H23N7OS. The fraction of sp³-hybridized carbons (Fsp3) is 0.400. The van der Waals surface area contributed by atoms with Crippen molar-refractivity contribution >= 4 is 34.8 Å². The largest absolute Gasteiger partial charge is 0.367 e. The standard InChI is InChI=1S/C20H23N7OS/c1-29-17-4-2-3-15(11-17)22-20(28)26-9-7-25(8-10-26)16-12-18-23-24-19(14-5-6-14)27(18)21-13-16/h2-4,11-14H,5-10H2,1H3,(H,22,28). The van der Waals surface area contributed by atoms with Crippen LogP contribution in [-0.2, 0) is 0 Å². The minimum atomic E-state index is -0.0528. The van der Waals surface area contributed by atoms with Gasteiger partial charge in [0.25, 0.3) is 0 Å². The lowest BCUT2D eigenvalue weighted by Gasteiger charge is -2.35. The minimum Gasteiger partial charge on any atom is -0.367 e. The highest BCUT2D eigenvalue weighted by Crippen LogP contribution is 2.38. The summed E-state index contributed by atoms with van der Waals surface area (Å²) in [4.78, 5) is 17.9. The maximum absolute atomic E-state index is 12.6. The molecule has 2 aromatic heterocycles. The number of piperazine rings is 1. The van der Waals surface area contributed by atoms with E-state index in [1.165, 1.54) is 12.8 Å². The molecule has 1 aliphatic carbocycles. The van der Waals surface area contributed by atoms with Crippen molar-refractivity contribution < 1.29 is 4.79 Å². The van der Waals surface area contributed by atoms with Crippen molar-refractivity contribution in [3.8, 4) is 0 Å². The summed E-state index contributed by atoms with van der Waals surface area (Å²) in [5.41, 5.74) is 2.65. The van der Waals surface area contributed by atoms with Gasteiger partial charge in [0.1, 0.15) is 0 Å². The molecule has 0 spiro atoms. The van der Waals surface area contributed by atoms with Crippen LogP contribution in [0.4, 0.5) is 16.2 Å². The molecule has 1 aromatic carbocycles. The van der Waals surface area contributed by atoms with Crippen molar-refractivity contribution in [1.82, 2.24) is 24.7 Å². The van der Waals surface area contributed by atoms with Gasteiger partial charge in [-0.2, -0.15) is 9.61 Å². The van der Waals surface area contributed by atoms with Crippen LogP contribution in [0.5, 0.6) is 0 Å². The Bertz CT molecular complexity index is 1040. The molecule has 0 bridgehead atoms. The average Bonchev–Trinajstić information content (AvgIpc) is 3.52. The molecule has 2 amide bonds. The minimum absolute atomic E-state index is 0.0528. The molecule has 0 atom stereocenters. The van der Waals surface area contributed by atoms with Gasteiger partial charge in [0.05, 0.1) is 11.9 Å². The molecule has 1 saturated heterocycles. The summed E-state index contributed by atoms with van der Waals surface area (Å²) >= 11 is 1.66. The fourth-order valence-corrected chi connectivity index (χ4v) is 4.10. The van der Waals surface area contributed by atoms with E-state index in [4.69, 9.17) is 0 Å². The average molecular weight is 410 g/mol. The molecule has 29 heavy (non-hydrogen) atoms. The normalized spacial score (nSPS) is 17.0. The van der Waals surface area contributed by atoms with Gasteiger partial charge in [-0.1, -0.05) is 6.07 Å². The van der Waals surface area contributed by atoms with Gasteiger partial charge < -0.3 is 15.1 Å². The Kier molecular flexibility index (Phi) is 4.75. The van der Waals surface area contributed by atoms with E-state index in [1.54, 1.807) is 11.8 Å². The SMILES string of the molecule is CSc1cccc(NC(=O)N2CCN(c3cnn4c(C5CC5)nnc4c3)CC2)c1. The molecule has 3 heterocycles. The van der Waals surface area contributed by atoms with Gasteiger partial charge in [0, 0.05) is 48.7 Å². The summed E-state index contributed by atoms with van der Waals surface area (Å²) in [6.45, 7) is 2.86.